The van der Waals surface area contributed by atoms with E-state index >= 15 is 0 Å². The van der Waals surface area contributed by atoms with Gasteiger partial charge in [0.2, 0.25) is 5.91 Å². The molecule has 0 aliphatic carbocycles. The Balaban J connectivity index is 1.58. The van der Waals surface area contributed by atoms with Crippen molar-refractivity contribution < 1.29 is 4.79 Å². The molecule has 0 saturated carbocycles. The van der Waals surface area contributed by atoms with E-state index in [1.165, 1.54) is 11.3 Å². The number of fused-ring (bicyclic) bond motifs is 1. The highest BCUT2D eigenvalue weighted by Gasteiger charge is 2.13. The fraction of sp³-hybridized carbons (Fsp3) is 0.182. The van der Waals surface area contributed by atoms with Gasteiger partial charge in [0.1, 0.15) is 10.0 Å². The van der Waals surface area contributed by atoms with Crippen LogP contribution in [0.4, 0.5) is 0 Å². The molecule has 0 aliphatic rings. The van der Waals surface area contributed by atoms with Crippen LogP contribution in [0.5, 0.6) is 0 Å². The monoisotopic (exact) mass is 498 g/mol. The highest BCUT2D eigenvalue weighted by molar-refractivity contribution is 9.10. The average molecular weight is 499 g/mol. The van der Waals surface area contributed by atoms with Crippen LogP contribution in [0.15, 0.2) is 63.4 Å². The number of hydrogen-bond acceptors (Lipinski definition) is 6. The van der Waals surface area contributed by atoms with Crippen LogP contribution < -0.4 is 0 Å². The van der Waals surface area contributed by atoms with E-state index in [-0.39, 0.29) is 5.91 Å². The van der Waals surface area contributed by atoms with Crippen LogP contribution >= 0.6 is 39.0 Å². The molecule has 0 aliphatic heterocycles. The summed E-state index contributed by atoms with van der Waals surface area (Å²) < 4.78 is 1.02. The highest BCUT2D eigenvalue weighted by atomic mass is 79.9. The van der Waals surface area contributed by atoms with Crippen molar-refractivity contribution in [3.63, 3.8) is 0 Å². The van der Waals surface area contributed by atoms with E-state index in [2.05, 4.69) is 20.9 Å². The second kappa shape index (κ2) is 9.24. The second-order valence-electron chi connectivity index (χ2n) is 6.86. The zero-order valence-electron chi connectivity index (χ0n) is 16.5. The van der Waals surface area contributed by atoms with Crippen molar-refractivity contribution in [2.24, 2.45) is 0 Å². The first-order valence-corrected chi connectivity index (χ1v) is 11.9. The predicted molar refractivity (Wildman–Crippen MR) is 127 cm³/mol. The number of likely N-dealkylation sites (N-methyl/N-ethyl adjacent to an activating group) is 1. The lowest BCUT2D eigenvalue weighted by Crippen LogP contribution is -2.23. The standard InChI is InChI=1S/C22H19BrN4OS2/c1-27(2)20(28)11-19-24-16(12-29-19)13-30-22-17-5-3-4-6-18(17)25-21(26-22)14-7-9-15(23)10-8-14/h3-10,12H,11,13H2,1-2H3. The van der Waals surface area contributed by atoms with Gasteiger partial charge in [0.15, 0.2) is 5.82 Å². The van der Waals surface area contributed by atoms with E-state index in [0.717, 1.165) is 36.7 Å². The third kappa shape index (κ3) is 4.88. The number of benzene rings is 2. The summed E-state index contributed by atoms with van der Waals surface area (Å²) in [5.41, 5.74) is 2.85. The molecule has 0 fully saturated rings. The molecular formula is C22H19BrN4OS2. The van der Waals surface area contributed by atoms with Gasteiger partial charge in [-0.05, 0) is 18.2 Å². The number of thiazole rings is 1. The van der Waals surface area contributed by atoms with Crippen molar-refractivity contribution >= 4 is 55.8 Å². The number of amides is 1. The van der Waals surface area contributed by atoms with Gasteiger partial charge in [0.25, 0.3) is 0 Å². The van der Waals surface area contributed by atoms with Crippen molar-refractivity contribution in [1.29, 1.82) is 0 Å². The summed E-state index contributed by atoms with van der Waals surface area (Å²) in [7, 11) is 3.52. The summed E-state index contributed by atoms with van der Waals surface area (Å²) in [4.78, 5) is 27.7. The zero-order chi connectivity index (χ0) is 21.1. The van der Waals surface area contributed by atoms with Gasteiger partial charge in [0, 0.05) is 40.7 Å². The molecule has 0 N–H and O–H groups in total. The Morgan fingerprint density at radius 1 is 1.07 bits per heavy atom. The number of aromatic nitrogens is 3. The van der Waals surface area contributed by atoms with Crippen LogP contribution in [-0.4, -0.2) is 39.9 Å². The fourth-order valence-corrected chi connectivity index (χ4v) is 4.88. The number of carbonyl (C=O) groups is 1. The molecule has 1 amide bonds. The first-order chi connectivity index (χ1) is 14.5. The van der Waals surface area contributed by atoms with Crippen molar-refractivity contribution in [3.8, 4) is 11.4 Å². The molecule has 2 aromatic carbocycles. The molecular weight excluding hydrogens is 480 g/mol. The van der Waals surface area contributed by atoms with Crippen LogP contribution in [0, 0.1) is 0 Å². The van der Waals surface area contributed by atoms with Gasteiger partial charge in [-0.1, -0.05) is 58.0 Å². The lowest BCUT2D eigenvalue weighted by atomic mass is 10.2. The molecule has 0 spiro atoms. The van der Waals surface area contributed by atoms with E-state index in [1.54, 1.807) is 30.8 Å². The minimum atomic E-state index is 0.0597. The van der Waals surface area contributed by atoms with E-state index in [0.29, 0.717) is 18.0 Å². The lowest BCUT2D eigenvalue weighted by Gasteiger charge is -2.08. The molecule has 0 atom stereocenters. The number of halogens is 1. The number of carbonyl (C=O) groups excluding carboxylic acids is 1. The quantitative estimate of drug-likeness (QED) is 0.261. The molecule has 0 saturated heterocycles. The topological polar surface area (TPSA) is 59.0 Å². The van der Waals surface area contributed by atoms with Crippen LogP contribution in [-0.2, 0) is 17.0 Å². The summed E-state index contributed by atoms with van der Waals surface area (Å²) >= 11 is 6.64. The van der Waals surface area contributed by atoms with Gasteiger partial charge < -0.3 is 4.90 Å². The third-order valence-electron chi connectivity index (χ3n) is 4.43. The molecule has 4 aromatic rings. The molecule has 0 unspecified atom stereocenters. The Morgan fingerprint density at radius 3 is 2.60 bits per heavy atom. The van der Waals surface area contributed by atoms with Crippen molar-refractivity contribution in [2.45, 2.75) is 17.2 Å². The van der Waals surface area contributed by atoms with Crippen LogP contribution in [0.2, 0.25) is 0 Å². The Labute approximate surface area is 191 Å². The Hall–Kier alpha value is -2.29. The van der Waals surface area contributed by atoms with E-state index in [9.17, 15) is 4.79 Å². The normalized spacial score (nSPS) is 11.0. The zero-order valence-corrected chi connectivity index (χ0v) is 19.7. The maximum Gasteiger partial charge on any atom is 0.228 e. The summed E-state index contributed by atoms with van der Waals surface area (Å²) in [6.07, 6.45) is 0.340. The molecule has 4 rings (SSSR count). The molecule has 0 radical (unpaired) electrons. The fourth-order valence-electron chi connectivity index (χ4n) is 2.81. The summed E-state index contributed by atoms with van der Waals surface area (Å²) in [6.45, 7) is 0. The van der Waals surface area contributed by atoms with Crippen LogP contribution in [0.3, 0.4) is 0 Å². The van der Waals surface area contributed by atoms with Gasteiger partial charge in [-0.2, -0.15) is 0 Å². The van der Waals surface area contributed by atoms with Gasteiger partial charge in [-0.25, -0.2) is 15.0 Å². The largest absolute Gasteiger partial charge is 0.348 e. The van der Waals surface area contributed by atoms with Crippen LogP contribution in [0.25, 0.3) is 22.3 Å². The second-order valence-corrected chi connectivity index (χ2v) is 9.68. The molecule has 152 valence electrons. The predicted octanol–water partition coefficient (Wildman–Crippen LogP) is 5.44. The maximum atomic E-state index is 11.9. The summed E-state index contributed by atoms with van der Waals surface area (Å²) in [6, 6.07) is 16.1. The SMILES string of the molecule is CN(C)C(=O)Cc1nc(CSc2nc(-c3ccc(Br)cc3)nc3ccccc23)cs1. The Morgan fingerprint density at radius 2 is 1.83 bits per heavy atom. The minimum absolute atomic E-state index is 0.0597. The van der Waals surface area contributed by atoms with Crippen molar-refractivity contribution in [2.75, 3.05) is 14.1 Å². The van der Waals surface area contributed by atoms with Gasteiger partial charge >= 0.3 is 0 Å². The lowest BCUT2D eigenvalue weighted by molar-refractivity contribution is -0.127. The molecule has 30 heavy (non-hydrogen) atoms. The average Bonchev–Trinajstić information content (AvgIpc) is 3.19. The number of nitrogens with zero attached hydrogens (tertiary/aromatic N) is 4. The smallest absolute Gasteiger partial charge is 0.228 e. The minimum Gasteiger partial charge on any atom is -0.348 e. The third-order valence-corrected chi connectivity index (χ3v) is 6.88. The van der Waals surface area contributed by atoms with Gasteiger partial charge in [0.05, 0.1) is 17.6 Å². The Bertz CT molecular complexity index is 1190. The van der Waals surface area contributed by atoms with Crippen LogP contribution in [0.1, 0.15) is 10.7 Å². The summed E-state index contributed by atoms with van der Waals surface area (Å²) in [5, 5.41) is 4.82. The van der Waals surface area contributed by atoms with Crippen molar-refractivity contribution in [1.82, 2.24) is 19.9 Å². The number of thioether (sulfide) groups is 1. The molecule has 5 nitrogen and oxygen atoms in total. The molecule has 2 heterocycles. The van der Waals surface area contributed by atoms with E-state index < -0.39 is 0 Å². The maximum absolute atomic E-state index is 11.9. The number of para-hydroxylation sites is 1. The van der Waals surface area contributed by atoms with E-state index in [1.807, 2.05) is 53.9 Å². The highest BCUT2D eigenvalue weighted by Crippen LogP contribution is 2.31. The first-order valence-electron chi connectivity index (χ1n) is 9.28. The Kier molecular flexibility index (Phi) is 6.46. The van der Waals surface area contributed by atoms with E-state index in [4.69, 9.17) is 9.97 Å². The molecule has 8 heteroatoms. The van der Waals surface area contributed by atoms with Crippen molar-refractivity contribution in [3.05, 3.63) is 69.1 Å². The van der Waals surface area contributed by atoms with Gasteiger partial charge in [-0.3, -0.25) is 4.79 Å². The number of rotatable bonds is 6. The van der Waals surface area contributed by atoms with Gasteiger partial charge in [-0.15, -0.1) is 11.3 Å². The first kappa shape index (κ1) is 21.0. The summed E-state index contributed by atoms with van der Waals surface area (Å²) in [5.74, 6) is 1.46. The number of hydrogen-bond donors (Lipinski definition) is 0. The molecule has 2 aromatic heterocycles. The molecule has 0 bridgehead atoms.